The van der Waals surface area contributed by atoms with Gasteiger partial charge in [-0.2, -0.15) is 0 Å². The number of hydrogen-bond donors (Lipinski definition) is 2. The molecule has 8 nitrogen and oxygen atoms in total. The SMILES string of the molecule is COc1ccc(NC(=O)Nc2ccc3c(c2)c(OC(=O)c2c(Cl)cccc2Cl)nn3Cc2ccc(Cl)cc2Cl)cc1. The maximum Gasteiger partial charge on any atom is 0.347 e. The van der Waals surface area contributed by atoms with E-state index in [1.54, 1.807) is 78.5 Å². The lowest BCUT2D eigenvalue weighted by molar-refractivity contribution is 0.0729. The third kappa shape index (κ3) is 6.52. The summed E-state index contributed by atoms with van der Waals surface area (Å²) in [6.07, 6.45) is 0. The number of ether oxygens (including phenoxy) is 2. The van der Waals surface area contributed by atoms with Gasteiger partial charge in [0.05, 0.1) is 40.2 Å². The van der Waals surface area contributed by atoms with Gasteiger partial charge in [0.15, 0.2) is 0 Å². The van der Waals surface area contributed by atoms with Crippen molar-refractivity contribution in [3.63, 3.8) is 0 Å². The maximum atomic E-state index is 13.1. The van der Waals surface area contributed by atoms with E-state index in [-0.39, 0.29) is 28.0 Å². The zero-order valence-electron chi connectivity index (χ0n) is 21.3. The lowest BCUT2D eigenvalue weighted by atomic mass is 10.2. The van der Waals surface area contributed by atoms with E-state index in [1.807, 2.05) is 0 Å². The van der Waals surface area contributed by atoms with Crippen molar-refractivity contribution in [3.8, 4) is 11.6 Å². The van der Waals surface area contributed by atoms with Crippen LogP contribution in [0.1, 0.15) is 15.9 Å². The highest BCUT2D eigenvalue weighted by Gasteiger charge is 2.22. The molecule has 0 saturated carbocycles. The number of carbonyl (C=O) groups excluding carboxylic acids is 2. The summed E-state index contributed by atoms with van der Waals surface area (Å²) in [6, 6.07) is 21.3. The minimum absolute atomic E-state index is 0.00688. The average molecular weight is 630 g/mol. The van der Waals surface area contributed by atoms with E-state index in [1.165, 1.54) is 12.1 Å². The number of carbonyl (C=O) groups is 2. The van der Waals surface area contributed by atoms with Crippen LogP contribution in [0.3, 0.4) is 0 Å². The highest BCUT2D eigenvalue weighted by molar-refractivity contribution is 6.39. The van der Waals surface area contributed by atoms with Crippen LogP contribution in [0.2, 0.25) is 20.1 Å². The molecule has 0 bridgehead atoms. The number of nitrogens with zero attached hydrogens (tertiary/aromatic N) is 2. The molecule has 0 unspecified atom stereocenters. The molecular formula is C29H20Cl4N4O4. The summed E-state index contributed by atoms with van der Waals surface area (Å²) < 4.78 is 12.5. The van der Waals surface area contributed by atoms with Gasteiger partial charge in [-0.15, -0.1) is 5.10 Å². The summed E-state index contributed by atoms with van der Waals surface area (Å²) in [4.78, 5) is 25.8. The summed E-state index contributed by atoms with van der Waals surface area (Å²) >= 11 is 24.9. The van der Waals surface area contributed by atoms with Crippen molar-refractivity contribution >= 4 is 80.7 Å². The summed E-state index contributed by atoms with van der Waals surface area (Å²) in [7, 11) is 1.56. The lowest BCUT2D eigenvalue weighted by Crippen LogP contribution is -2.19. The third-order valence-electron chi connectivity index (χ3n) is 6.01. The zero-order chi connectivity index (χ0) is 29.1. The molecule has 0 radical (unpaired) electrons. The molecule has 1 heterocycles. The number of amides is 2. The number of urea groups is 1. The molecule has 4 aromatic carbocycles. The highest BCUT2D eigenvalue weighted by Crippen LogP contribution is 2.32. The molecule has 2 amide bonds. The van der Waals surface area contributed by atoms with Gasteiger partial charge in [0, 0.05) is 21.4 Å². The summed E-state index contributed by atoms with van der Waals surface area (Å²) in [5, 5.41) is 11.7. The van der Waals surface area contributed by atoms with Crippen LogP contribution >= 0.6 is 46.4 Å². The average Bonchev–Trinajstić information content (AvgIpc) is 3.26. The second kappa shape index (κ2) is 12.3. The molecule has 0 fully saturated rings. The predicted octanol–water partition coefficient (Wildman–Crippen LogP) is 8.57. The fourth-order valence-electron chi connectivity index (χ4n) is 4.03. The Kier molecular flexibility index (Phi) is 8.56. The Morgan fingerprint density at radius 2 is 1.51 bits per heavy atom. The van der Waals surface area contributed by atoms with Gasteiger partial charge in [0.25, 0.3) is 0 Å². The van der Waals surface area contributed by atoms with Crippen molar-refractivity contribution in [3.05, 3.63) is 110 Å². The second-order valence-corrected chi connectivity index (χ2v) is 10.4. The van der Waals surface area contributed by atoms with Gasteiger partial charge in [-0.25, -0.2) is 9.59 Å². The molecule has 5 aromatic rings. The van der Waals surface area contributed by atoms with Gasteiger partial charge in [-0.3, -0.25) is 4.68 Å². The summed E-state index contributed by atoms with van der Waals surface area (Å²) in [5.41, 5.74) is 2.37. The molecule has 0 aliphatic carbocycles. The minimum atomic E-state index is -0.785. The van der Waals surface area contributed by atoms with Crippen LogP contribution in [0.4, 0.5) is 16.2 Å². The number of benzene rings is 4. The third-order valence-corrected chi connectivity index (χ3v) is 7.23. The molecule has 0 aliphatic rings. The standard InChI is InChI=1S/C29H20Cl4N4O4/c1-40-20-10-7-18(8-11-20)34-29(39)35-19-9-12-25-21(14-19)27(41-28(38)26-22(31)3-2-4-23(26)32)36-37(25)15-16-5-6-17(30)13-24(16)33/h2-14H,15H2,1H3,(H2,34,35,39). The maximum absolute atomic E-state index is 13.1. The fraction of sp³-hybridized carbons (Fsp3) is 0.0690. The Morgan fingerprint density at radius 1 is 0.829 bits per heavy atom. The Morgan fingerprint density at radius 3 is 2.20 bits per heavy atom. The van der Waals surface area contributed by atoms with Gasteiger partial charge >= 0.3 is 12.0 Å². The highest BCUT2D eigenvalue weighted by atomic mass is 35.5. The van der Waals surface area contributed by atoms with E-state index in [9.17, 15) is 9.59 Å². The van der Waals surface area contributed by atoms with Gasteiger partial charge in [-0.1, -0.05) is 58.5 Å². The van der Waals surface area contributed by atoms with Gasteiger partial charge in [0.2, 0.25) is 5.88 Å². The molecule has 0 saturated heterocycles. The molecule has 0 atom stereocenters. The normalized spacial score (nSPS) is 10.9. The Labute approximate surface area is 254 Å². The number of aromatic nitrogens is 2. The van der Waals surface area contributed by atoms with Crippen LogP contribution in [-0.2, 0) is 6.54 Å². The molecule has 1 aromatic heterocycles. The lowest BCUT2D eigenvalue weighted by Gasteiger charge is -2.09. The van der Waals surface area contributed by atoms with E-state index in [2.05, 4.69) is 15.7 Å². The first-order valence-corrected chi connectivity index (χ1v) is 13.6. The van der Waals surface area contributed by atoms with Crippen molar-refractivity contribution in [2.24, 2.45) is 0 Å². The van der Waals surface area contributed by atoms with E-state index < -0.39 is 12.0 Å². The van der Waals surface area contributed by atoms with Crippen LogP contribution in [0.25, 0.3) is 10.9 Å². The first-order valence-electron chi connectivity index (χ1n) is 12.0. The molecule has 0 spiro atoms. The van der Waals surface area contributed by atoms with E-state index >= 15 is 0 Å². The fourth-order valence-corrected chi connectivity index (χ4v) is 5.05. The van der Waals surface area contributed by atoms with Gasteiger partial charge < -0.3 is 20.1 Å². The van der Waals surface area contributed by atoms with Crippen molar-refractivity contribution in [1.82, 2.24) is 9.78 Å². The van der Waals surface area contributed by atoms with E-state index in [0.717, 1.165) is 5.56 Å². The number of halogens is 4. The Balaban J connectivity index is 1.47. The van der Waals surface area contributed by atoms with E-state index in [0.29, 0.717) is 38.1 Å². The quantitative estimate of drug-likeness (QED) is 0.176. The summed E-state index contributed by atoms with van der Waals surface area (Å²) in [6.45, 7) is 0.252. The van der Waals surface area contributed by atoms with Crippen LogP contribution in [0.5, 0.6) is 11.6 Å². The number of nitrogens with one attached hydrogen (secondary N) is 2. The zero-order valence-corrected chi connectivity index (χ0v) is 24.3. The van der Waals surface area contributed by atoms with Crippen LogP contribution in [-0.4, -0.2) is 28.9 Å². The number of methoxy groups -OCH3 is 1. The minimum Gasteiger partial charge on any atom is -0.497 e. The van der Waals surface area contributed by atoms with Crippen molar-refractivity contribution in [2.45, 2.75) is 6.54 Å². The van der Waals surface area contributed by atoms with Crippen LogP contribution in [0, 0.1) is 0 Å². The van der Waals surface area contributed by atoms with Crippen molar-refractivity contribution < 1.29 is 19.1 Å². The van der Waals surface area contributed by atoms with Gasteiger partial charge in [0.1, 0.15) is 5.75 Å². The second-order valence-electron chi connectivity index (χ2n) is 8.72. The Hall–Kier alpha value is -3.95. The van der Waals surface area contributed by atoms with Crippen LogP contribution in [0.15, 0.2) is 78.9 Å². The summed E-state index contributed by atoms with van der Waals surface area (Å²) in [5.74, 6) is -0.129. The number of fused-ring (bicyclic) bond motifs is 1. The van der Waals surface area contributed by atoms with Crippen molar-refractivity contribution in [2.75, 3.05) is 17.7 Å². The molecule has 12 heteroatoms. The number of rotatable bonds is 7. The molecular weight excluding hydrogens is 610 g/mol. The molecule has 2 N–H and O–H groups in total. The topological polar surface area (TPSA) is 94.5 Å². The number of esters is 1. The predicted molar refractivity (Wildman–Crippen MR) is 162 cm³/mol. The van der Waals surface area contributed by atoms with E-state index in [4.69, 9.17) is 55.9 Å². The van der Waals surface area contributed by atoms with Crippen molar-refractivity contribution in [1.29, 1.82) is 0 Å². The van der Waals surface area contributed by atoms with Gasteiger partial charge in [-0.05, 0) is 72.3 Å². The number of anilines is 2. The molecule has 208 valence electrons. The number of hydrogen-bond acceptors (Lipinski definition) is 5. The first kappa shape index (κ1) is 28.6. The first-order chi connectivity index (χ1) is 19.7. The monoisotopic (exact) mass is 628 g/mol. The molecule has 5 rings (SSSR count). The molecule has 0 aliphatic heterocycles. The largest absolute Gasteiger partial charge is 0.497 e. The Bertz CT molecular complexity index is 1750. The van der Waals surface area contributed by atoms with Crippen LogP contribution < -0.4 is 20.1 Å². The molecule has 41 heavy (non-hydrogen) atoms. The smallest absolute Gasteiger partial charge is 0.347 e.